The fraction of sp³-hybridized carbons (Fsp3) is 0.278. The van der Waals surface area contributed by atoms with Crippen LogP contribution in [-0.4, -0.2) is 37.2 Å². The zero-order chi connectivity index (χ0) is 18.9. The summed E-state index contributed by atoms with van der Waals surface area (Å²) in [5, 5.41) is 13.1. The van der Waals surface area contributed by atoms with Gasteiger partial charge in [0.1, 0.15) is 11.6 Å². The molecule has 0 aliphatic rings. The molecule has 0 bridgehead atoms. The van der Waals surface area contributed by atoms with Crippen LogP contribution in [0, 0.1) is 5.41 Å². The SMILES string of the molecule is CCOC(=N)c1cnc(NC(=O)NCCc2ccc(OC)cc2)cc1N. The number of nitrogen functional groups attached to an aromatic ring is 1. The molecule has 1 aromatic heterocycles. The van der Waals surface area contributed by atoms with E-state index >= 15 is 0 Å². The first kappa shape index (κ1) is 19.0. The lowest BCUT2D eigenvalue weighted by atomic mass is 10.1. The van der Waals surface area contributed by atoms with Crippen molar-refractivity contribution in [1.29, 1.82) is 5.41 Å². The van der Waals surface area contributed by atoms with Crippen LogP contribution < -0.4 is 21.1 Å². The van der Waals surface area contributed by atoms with Gasteiger partial charge in [0.25, 0.3) is 0 Å². The van der Waals surface area contributed by atoms with Crippen molar-refractivity contribution in [2.45, 2.75) is 13.3 Å². The van der Waals surface area contributed by atoms with E-state index in [1.807, 2.05) is 24.3 Å². The van der Waals surface area contributed by atoms with Crippen molar-refractivity contribution in [2.75, 3.05) is 31.3 Å². The maximum atomic E-state index is 11.9. The third-order valence-corrected chi connectivity index (χ3v) is 3.57. The van der Waals surface area contributed by atoms with Gasteiger partial charge in [-0.05, 0) is 31.0 Å². The Hall–Kier alpha value is -3.29. The van der Waals surface area contributed by atoms with Gasteiger partial charge in [-0.1, -0.05) is 12.1 Å². The van der Waals surface area contributed by atoms with Gasteiger partial charge in [0.2, 0.25) is 5.90 Å². The number of carbonyl (C=O) groups is 1. The second kappa shape index (κ2) is 9.26. The summed E-state index contributed by atoms with van der Waals surface area (Å²) in [6.07, 6.45) is 2.09. The minimum atomic E-state index is -0.377. The predicted octanol–water partition coefficient (Wildman–Crippen LogP) is 2.40. The number of nitrogens with zero attached hydrogens (tertiary/aromatic N) is 1. The third-order valence-electron chi connectivity index (χ3n) is 3.57. The Bertz CT molecular complexity index is 762. The first-order valence-electron chi connectivity index (χ1n) is 8.18. The minimum Gasteiger partial charge on any atom is -0.497 e. The first-order chi connectivity index (χ1) is 12.5. The molecule has 2 aromatic rings. The van der Waals surface area contributed by atoms with Crippen molar-refractivity contribution in [3.05, 3.63) is 47.7 Å². The van der Waals surface area contributed by atoms with E-state index in [4.69, 9.17) is 20.6 Å². The Kier molecular flexibility index (Phi) is 6.78. The minimum absolute atomic E-state index is 0.0482. The van der Waals surface area contributed by atoms with E-state index in [1.165, 1.54) is 12.3 Å². The van der Waals surface area contributed by atoms with Gasteiger partial charge in [-0.25, -0.2) is 9.78 Å². The summed E-state index contributed by atoms with van der Waals surface area (Å²) in [5.74, 6) is 1.05. The van der Waals surface area contributed by atoms with E-state index < -0.39 is 0 Å². The number of hydrogen-bond donors (Lipinski definition) is 4. The Morgan fingerprint density at radius 1 is 1.31 bits per heavy atom. The van der Waals surface area contributed by atoms with E-state index in [9.17, 15) is 4.79 Å². The van der Waals surface area contributed by atoms with Crippen LogP contribution in [0.25, 0.3) is 0 Å². The zero-order valence-corrected chi connectivity index (χ0v) is 14.8. The summed E-state index contributed by atoms with van der Waals surface area (Å²) in [7, 11) is 1.62. The Morgan fingerprint density at radius 3 is 2.65 bits per heavy atom. The summed E-state index contributed by atoms with van der Waals surface area (Å²) < 4.78 is 10.2. The van der Waals surface area contributed by atoms with Gasteiger partial charge < -0.3 is 20.5 Å². The molecular formula is C18H23N5O3. The molecule has 0 radical (unpaired) electrons. The number of methoxy groups -OCH3 is 1. The van der Waals surface area contributed by atoms with Gasteiger partial charge in [-0.15, -0.1) is 0 Å². The summed E-state index contributed by atoms with van der Waals surface area (Å²) >= 11 is 0. The number of benzene rings is 1. The number of pyridine rings is 1. The molecule has 0 saturated heterocycles. The average molecular weight is 357 g/mol. The van der Waals surface area contributed by atoms with E-state index in [1.54, 1.807) is 14.0 Å². The number of urea groups is 1. The maximum Gasteiger partial charge on any atom is 0.320 e. The highest BCUT2D eigenvalue weighted by atomic mass is 16.5. The van der Waals surface area contributed by atoms with Crippen molar-refractivity contribution in [3.63, 3.8) is 0 Å². The summed E-state index contributed by atoms with van der Waals surface area (Å²) in [4.78, 5) is 16.0. The van der Waals surface area contributed by atoms with E-state index in [0.29, 0.717) is 36.6 Å². The number of amides is 2. The van der Waals surface area contributed by atoms with Gasteiger partial charge in [-0.2, -0.15) is 0 Å². The van der Waals surface area contributed by atoms with Crippen LogP contribution in [0.15, 0.2) is 36.5 Å². The molecule has 26 heavy (non-hydrogen) atoms. The van der Waals surface area contributed by atoms with Crippen molar-refractivity contribution >= 4 is 23.4 Å². The first-order valence-corrected chi connectivity index (χ1v) is 8.18. The average Bonchev–Trinajstić information content (AvgIpc) is 2.62. The Morgan fingerprint density at radius 2 is 2.04 bits per heavy atom. The van der Waals surface area contributed by atoms with Crippen LogP contribution in [-0.2, 0) is 11.2 Å². The Balaban J connectivity index is 1.83. The molecular weight excluding hydrogens is 334 g/mol. The molecule has 5 N–H and O–H groups in total. The molecule has 138 valence electrons. The normalized spacial score (nSPS) is 10.1. The topological polar surface area (TPSA) is 122 Å². The lowest BCUT2D eigenvalue weighted by Crippen LogP contribution is -2.30. The molecule has 0 atom stereocenters. The van der Waals surface area contributed by atoms with Crippen LogP contribution >= 0.6 is 0 Å². The quantitative estimate of drug-likeness (QED) is 0.448. The molecule has 1 heterocycles. The maximum absolute atomic E-state index is 11.9. The summed E-state index contributed by atoms with van der Waals surface area (Å²) in [6, 6.07) is 8.77. The van der Waals surface area contributed by atoms with Crippen molar-refractivity contribution in [3.8, 4) is 5.75 Å². The molecule has 0 saturated carbocycles. The molecule has 0 fully saturated rings. The number of rotatable bonds is 7. The lowest BCUT2D eigenvalue weighted by Gasteiger charge is -2.10. The van der Waals surface area contributed by atoms with Crippen LogP contribution in [0.1, 0.15) is 18.1 Å². The highest BCUT2D eigenvalue weighted by molar-refractivity contribution is 5.97. The van der Waals surface area contributed by atoms with Crippen molar-refractivity contribution in [1.82, 2.24) is 10.3 Å². The van der Waals surface area contributed by atoms with Crippen LogP contribution in [0.4, 0.5) is 16.3 Å². The molecule has 0 aliphatic carbocycles. The summed E-state index contributed by atoms with van der Waals surface area (Å²) in [5.41, 5.74) is 7.67. The van der Waals surface area contributed by atoms with Crippen LogP contribution in [0.3, 0.4) is 0 Å². The highest BCUT2D eigenvalue weighted by Crippen LogP contribution is 2.16. The molecule has 2 rings (SSSR count). The predicted molar refractivity (Wildman–Crippen MR) is 101 cm³/mol. The van der Waals surface area contributed by atoms with Crippen molar-refractivity contribution in [2.24, 2.45) is 0 Å². The number of aromatic nitrogens is 1. The molecule has 0 spiro atoms. The molecule has 2 amide bonds. The largest absolute Gasteiger partial charge is 0.497 e. The third kappa shape index (κ3) is 5.37. The highest BCUT2D eigenvalue weighted by Gasteiger charge is 2.10. The fourth-order valence-corrected chi connectivity index (χ4v) is 2.22. The second-order valence-corrected chi connectivity index (χ2v) is 5.40. The molecule has 1 aromatic carbocycles. The van der Waals surface area contributed by atoms with Gasteiger partial charge in [0.05, 0.1) is 19.3 Å². The number of carbonyl (C=O) groups excluding carboxylic acids is 1. The van der Waals surface area contributed by atoms with E-state index in [0.717, 1.165) is 11.3 Å². The van der Waals surface area contributed by atoms with Crippen molar-refractivity contribution < 1.29 is 14.3 Å². The molecule has 0 unspecified atom stereocenters. The summed E-state index contributed by atoms with van der Waals surface area (Å²) in [6.45, 7) is 2.62. The number of anilines is 2. The van der Waals surface area contributed by atoms with Crippen LogP contribution in [0.2, 0.25) is 0 Å². The van der Waals surface area contributed by atoms with Gasteiger partial charge >= 0.3 is 6.03 Å². The lowest BCUT2D eigenvalue weighted by molar-refractivity contribution is 0.252. The number of hydrogen-bond acceptors (Lipinski definition) is 6. The standard InChI is InChI=1S/C18H23N5O3/c1-3-26-17(20)14-11-22-16(10-15(14)19)23-18(24)21-9-8-12-4-6-13(25-2)7-5-12/h4-7,10-11,20H,3,8-9H2,1-2H3,(H4,19,21,22,23,24). The monoisotopic (exact) mass is 357 g/mol. The van der Waals surface area contributed by atoms with Gasteiger partial charge in [0.15, 0.2) is 0 Å². The smallest absolute Gasteiger partial charge is 0.320 e. The van der Waals surface area contributed by atoms with Gasteiger partial charge in [-0.3, -0.25) is 10.7 Å². The number of nitrogens with one attached hydrogen (secondary N) is 3. The Labute approximate surface area is 152 Å². The van der Waals surface area contributed by atoms with Crippen LogP contribution in [0.5, 0.6) is 5.75 Å². The fourth-order valence-electron chi connectivity index (χ4n) is 2.22. The zero-order valence-electron chi connectivity index (χ0n) is 14.8. The number of ether oxygens (including phenoxy) is 2. The number of nitrogens with two attached hydrogens (primary N) is 1. The van der Waals surface area contributed by atoms with E-state index in [-0.39, 0.29) is 11.9 Å². The second-order valence-electron chi connectivity index (χ2n) is 5.40. The molecule has 8 nitrogen and oxygen atoms in total. The molecule has 8 heteroatoms. The van der Waals surface area contributed by atoms with E-state index in [2.05, 4.69) is 15.6 Å². The van der Waals surface area contributed by atoms with Gasteiger partial charge in [0, 0.05) is 24.5 Å². The molecule has 0 aliphatic heterocycles.